The molecule has 1 aliphatic heterocycles. The third-order valence-electron chi connectivity index (χ3n) is 5.22. The van der Waals surface area contributed by atoms with Crippen LogP contribution in [0.5, 0.6) is 0 Å². The molecular formula is C21H17F3N6O3. The first kappa shape index (κ1) is 22.1. The summed E-state index contributed by atoms with van der Waals surface area (Å²) in [5.41, 5.74) is 0.0313. The van der Waals surface area contributed by atoms with Gasteiger partial charge in [0.05, 0.1) is 23.9 Å². The van der Waals surface area contributed by atoms with Crippen LogP contribution in [0, 0.1) is 18.8 Å². The molecule has 170 valence electrons. The Kier molecular flexibility index (Phi) is 5.44. The number of nitrogens with one attached hydrogen (secondary N) is 1. The zero-order chi connectivity index (χ0) is 23.9. The summed E-state index contributed by atoms with van der Waals surface area (Å²) in [5, 5.41) is 9.61. The molecule has 2 amide bonds. The first-order valence-electron chi connectivity index (χ1n) is 9.74. The number of amides is 2. The van der Waals surface area contributed by atoms with Crippen LogP contribution in [0.2, 0.25) is 0 Å². The predicted octanol–water partition coefficient (Wildman–Crippen LogP) is 4.09. The molecule has 0 radical (unpaired) electrons. The lowest BCUT2D eigenvalue weighted by Gasteiger charge is -2.31. The van der Waals surface area contributed by atoms with Crippen molar-refractivity contribution in [3.8, 4) is 0 Å². The number of carbonyl (C=O) groups excluding carboxylic acids is 2. The van der Waals surface area contributed by atoms with Crippen molar-refractivity contribution in [2.24, 2.45) is 5.18 Å². The summed E-state index contributed by atoms with van der Waals surface area (Å²) >= 11 is 0. The summed E-state index contributed by atoms with van der Waals surface area (Å²) in [6.07, 6.45) is -3.05. The van der Waals surface area contributed by atoms with Crippen LogP contribution in [0.25, 0.3) is 0 Å². The van der Waals surface area contributed by atoms with Crippen LogP contribution in [-0.4, -0.2) is 33.1 Å². The fourth-order valence-corrected chi connectivity index (χ4v) is 3.68. The van der Waals surface area contributed by atoms with Gasteiger partial charge in [-0.05, 0) is 54.9 Å². The number of anilines is 2. The average molecular weight is 458 g/mol. The van der Waals surface area contributed by atoms with E-state index in [1.807, 2.05) is 0 Å². The highest BCUT2D eigenvalue weighted by molar-refractivity contribution is 6.15. The van der Waals surface area contributed by atoms with Gasteiger partial charge in [0.25, 0.3) is 11.8 Å². The lowest BCUT2D eigenvalue weighted by Crippen LogP contribution is -2.43. The number of alkyl halides is 3. The van der Waals surface area contributed by atoms with Crippen LogP contribution in [0.15, 0.2) is 47.9 Å². The Morgan fingerprint density at radius 3 is 2.61 bits per heavy atom. The molecule has 0 bridgehead atoms. The van der Waals surface area contributed by atoms with Gasteiger partial charge in [0.1, 0.15) is 5.69 Å². The molecule has 1 N–H and O–H groups in total. The van der Waals surface area contributed by atoms with Crippen LogP contribution in [0.1, 0.15) is 43.8 Å². The van der Waals surface area contributed by atoms with E-state index in [0.717, 1.165) is 27.9 Å². The third-order valence-corrected chi connectivity index (χ3v) is 5.22. The molecular weight excluding hydrogens is 441 g/mol. The van der Waals surface area contributed by atoms with Crippen LogP contribution in [0.4, 0.5) is 24.5 Å². The standard InChI is InChI=1S/C21H17F3N6O3/c1-11-7-14(3-4-16(11)21(22,23)24)29-10-17(28-33)30-18(20(29)32)15(9-26-30)19(31)27-13-5-6-25-12(2)8-13/h3-9,17H,10H2,1-2H3,(H,25,27,31)/t17-/m1/s1. The zero-order valence-corrected chi connectivity index (χ0v) is 17.4. The van der Waals surface area contributed by atoms with E-state index in [4.69, 9.17) is 0 Å². The largest absolute Gasteiger partial charge is 0.416 e. The van der Waals surface area contributed by atoms with Gasteiger partial charge in [-0.25, -0.2) is 4.68 Å². The van der Waals surface area contributed by atoms with Gasteiger partial charge in [-0.1, -0.05) is 0 Å². The van der Waals surface area contributed by atoms with Crippen molar-refractivity contribution in [2.45, 2.75) is 26.2 Å². The minimum absolute atomic E-state index is 0.0893. The van der Waals surface area contributed by atoms with Crippen molar-refractivity contribution in [3.05, 3.63) is 75.7 Å². The van der Waals surface area contributed by atoms with Gasteiger partial charge in [0, 0.05) is 23.3 Å². The summed E-state index contributed by atoms with van der Waals surface area (Å²) < 4.78 is 40.4. The number of halogens is 3. The summed E-state index contributed by atoms with van der Waals surface area (Å²) in [6.45, 7) is 2.77. The molecule has 1 aliphatic rings. The molecule has 0 fully saturated rings. The molecule has 12 heteroatoms. The Morgan fingerprint density at radius 1 is 1.21 bits per heavy atom. The van der Waals surface area contributed by atoms with Gasteiger partial charge < -0.3 is 10.2 Å². The van der Waals surface area contributed by atoms with Crippen LogP contribution in [0.3, 0.4) is 0 Å². The molecule has 0 aliphatic carbocycles. The number of nitrogens with zero attached hydrogens (tertiary/aromatic N) is 5. The Balaban J connectivity index is 1.71. The lowest BCUT2D eigenvalue weighted by atomic mass is 10.1. The maximum atomic E-state index is 13.3. The van der Waals surface area contributed by atoms with Crippen molar-refractivity contribution in [1.29, 1.82) is 0 Å². The summed E-state index contributed by atoms with van der Waals surface area (Å²) in [4.78, 5) is 42.8. The molecule has 3 heterocycles. The van der Waals surface area contributed by atoms with Gasteiger partial charge in [-0.3, -0.25) is 14.6 Å². The van der Waals surface area contributed by atoms with Crippen molar-refractivity contribution in [2.75, 3.05) is 16.8 Å². The Labute approximate surface area is 185 Å². The smallest absolute Gasteiger partial charge is 0.322 e. The molecule has 1 atom stereocenters. The molecule has 1 aromatic carbocycles. The number of fused-ring (bicyclic) bond motifs is 1. The quantitative estimate of drug-likeness (QED) is 0.592. The van der Waals surface area contributed by atoms with Gasteiger partial charge in [0.2, 0.25) is 6.17 Å². The Bertz CT molecular complexity index is 1270. The fraction of sp³-hybridized carbons (Fsp3) is 0.238. The molecule has 4 rings (SSSR count). The average Bonchev–Trinajstić information content (AvgIpc) is 3.19. The van der Waals surface area contributed by atoms with E-state index in [1.54, 1.807) is 19.1 Å². The minimum Gasteiger partial charge on any atom is -0.322 e. The van der Waals surface area contributed by atoms with E-state index in [9.17, 15) is 27.7 Å². The van der Waals surface area contributed by atoms with Crippen LogP contribution in [-0.2, 0) is 6.18 Å². The first-order valence-corrected chi connectivity index (χ1v) is 9.74. The number of nitroso groups, excluding NO2 is 1. The minimum atomic E-state index is -4.55. The number of carbonyl (C=O) groups is 2. The topological polar surface area (TPSA) is 110 Å². The van der Waals surface area contributed by atoms with Crippen molar-refractivity contribution in [3.63, 3.8) is 0 Å². The number of aromatic nitrogens is 3. The third kappa shape index (κ3) is 4.06. The number of hydrogen-bond donors (Lipinski definition) is 1. The molecule has 3 aromatic rings. The maximum absolute atomic E-state index is 13.3. The molecule has 33 heavy (non-hydrogen) atoms. The molecule has 0 saturated heterocycles. The highest BCUT2D eigenvalue weighted by Crippen LogP contribution is 2.35. The summed E-state index contributed by atoms with van der Waals surface area (Å²) in [7, 11) is 0. The van der Waals surface area contributed by atoms with E-state index in [0.29, 0.717) is 11.4 Å². The predicted molar refractivity (Wildman–Crippen MR) is 112 cm³/mol. The van der Waals surface area contributed by atoms with Gasteiger partial charge in [0.15, 0.2) is 0 Å². The molecule has 0 unspecified atom stereocenters. The van der Waals surface area contributed by atoms with E-state index >= 15 is 0 Å². The molecule has 2 aromatic heterocycles. The van der Waals surface area contributed by atoms with E-state index < -0.39 is 29.7 Å². The number of benzene rings is 1. The van der Waals surface area contributed by atoms with Crippen LogP contribution >= 0.6 is 0 Å². The number of pyridine rings is 1. The Hall–Kier alpha value is -4.09. The van der Waals surface area contributed by atoms with Crippen molar-refractivity contribution >= 4 is 23.2 Å². The summed E-state index contributed by atoms with van der Waals surface area (Å²) in [6, 6.07) is 6.40. The van der Waals surface area contributed by atoms with Gasteiger partial charge in [-0.2, -0.15) is 18.3 Å². The number of rotatable bonds is 4. The molecule has 9 nitrogen and oxygen atoms in total. The second kappa shape index (κ2) is 8.11. The van der Waals surface area contributed by atoms with E-state index in [1.165, 1.54) is 19.2 Å². The van der Waals surface area contributed by atoms with E-state index in [-0.39, 0.29) is 29.1 Å². The van der Waals surface area contributed by atoms with Crippen molar-refractivity contribution in [1.82, 2.24) is 14.8 Å². The Morgan fingerprint density at radius 2 is 1.97 bits per heavy atom. The molecule has 0 saturated carbocycles. The number of aryl methyl sites for hydroxylation is 2. The number of hydrogen-bond acceptors (Lipinski definition) is 6. The van der Waals surface area contributed by atoms with Crippen LogP contribution < -0.4 is 10.2 Å². The second-order valence-corrected chi connectivity index (χ2v) is 7.49. The monoisotopic (exact) mass is 458 g/mol. The van der Waals surface area contributed by atoms with Gasteiger partial charge >= 0.3 is 6.18 Å². The highest BCUT2D eigenvalue weighted by Gasteiger charge is 2.38. The fourth-order valence-electron chi connectivity index (χ4n) is 3.68. The second-order valence-electron chi connectivity index (χ2n) is 7.49. The normalized spacial score (nSPS) is 15.8. The van der Waals surface area contributed by atoms with E-state index in [2.05, 4.69) is 20.6 Å². The maximum Gasteiger partial charge on any atom is 0.416 e. The molecule has 0 spiro atoms. The first-order chi connectivity index (χ1) is 15.6. The lowest BCUT2D eigenvalue weighted by molar-refractivity contribution is -0.138. The van der Waals surface area contributed by atoms with Crippen molar-refractivity contribution < 1.29 is 22.8 Å². The SMILES string of the molecule is Cc1cc(NC(=O)c2cnn3c2C(=O)N(c2ccc(C(F)(F)F)c(C)c2)C[C@@H]3N=O)ccn1. The highest BCUT2D eigenvalue weighted by atomic mass is 19.4. The zero-order valence-electron chi connectivity index (χ0n) is 17.4. The summed E-state index contributed by atoms with van der Waals surface area (Å²) in [5.74, 6) is -1.34. The van der Waals surface area contributed by atoms with Gasteiger partial charge in [-0.15, -0.1) is 4.91 Å².